The Bertz CT molecular complexity index is 921. The van der Waals surface area contributed by atoms with Crippen molar-refractivity contribution in [3.05, 3.63) is 46.0 Å². The molecule has 0 fully saturated rings. The van der Waals surface area contributed by atoms with Crippen LogP contribution in [0.15, 0.2) is 35.3 Å². The summed E-state index contributed by atoms with van der Waals surface area (Å²) in [6.45, 7) is 5.73. The molecule has 2 aromatic rings. The number of nitrogens with one attached hydrogen (secondary N) is 1. The summed E-state index contributed by atoms with van der Waals surface area (Å²) in [4.78, 5) is 27.6. The van der Waals surface area contributed by atoms with Crippen LogP contribution in [-0.2, 0) is 0 Å². The van der Waals surface area contributed by atoms with Gasteiger partial charge >= 0.3 is 0 Å². The SMILES string of the molecule is CC(C)(C)/C1=N/c2nnnn2C(=O)/C=C(/c2ccccc2[N+](=O)[O-])N1. The van der Waals surface area contributed by atoms with E-state index in [-0.39, 0.29) is 22.9 Å². The first-order valence-electron chi connectivity index (χ1n) is 7.42. The maximum absolute atomic E-state index is 12.4. The van der Waals surface area contributed by atoms with E-state index in [0.29, 0.717) is 5.84 Å². The third-order valence-corrected chi connectivity index (χ3v) is 3.50. The summed E-state index contributed by atoms with van der Waals surface area (Å²) in [6.07, 6.45) is 1.22. The van der Waals surface area contributed by atoms with Gasteiger partial charge in [0.2, 0.25) is 0 Å². The summed E-state index contributed by atoms with van der Waals surface area (Å²) < 4.78 is 0.946. The molecule has 128 valence electrons. The summed E-state index contributed by atoms with van der Waals surface area (Å²) in [5.41, 5.74) is -0.0407. The van der Waals surface area contributed by atoms with Gasteiger partial charge in [-0.1, -0.05) is 38.0 Å². The van der Waals surface area contributed by atoms with Crippen molar-refractivity contribution in [2.24, 2.45) is 10.4 Å². The Morgan fingerprint density at radius 3 is 2.64 bits per heavy atom. The number of nitro groups is 1. The standard InChI is InChI=1S/C15H15N7O3/c1-15(2,3)13-16-10(9-6-4-5-7-11(9)22(24)25)8-12(23)21-14(17-13)18-19-20-21/h4-8H,1-3H3,(H,16,17,18,20)/b10-8-. The molecule has 0 radical (unpaired) electrons. The van der Waals surface area contributed by atoms with Crippen molar-refractivity contribution < 1.29 is 9.72 Å². The van der Waals surface area contributed by atoms with Gasteiger partial charge in [0, 0.05) is 17.6 Å². The van der Waals surface area contributed by atoms with Crippen LogP contribution in [0.4, 0.5) is 11.6 Å². The molecule has 0 bridgehead atoms. The third kappa shape index (κ3) is 3.13. The summed E-state index contributed by atoms with van der Waals surface area (Å²) in [5.74, 6) is -0.0434. The van der Waals surface area contributed by atoms with Crippen LogP contribution in [0.3, 0.4) is 0 Å². The number of carbonyl (C=O) groups is 1. The van der Waals surface area contributed by atoms with Crippen molar-refractivity contribution in [1.82, 2.24) is 25.5 Å². The Kier molecular flexibility index (Phi) is 3.87. The van der Waals surface area contributed by atoms with Gasteiger partial charge in [-0.2, -0.15) is 4.99 Å². The fourth-order valence-corrected chi connectivity index (χ4v) is 2.23. The number of aliphatic imine (C=N–C) groups is 1. The van der Waals surface area contributed by atoms with Crippen LogP contribution < -0.4 is 5.32 Å². The number of tetrazole rings is 1. The van der Waals surface area contributed by atoms with Gasteiger partial charge in [-0.05, 0) is 16.5 Å². The molecule has 1 aromatic carbocycles. The maximum Gasteiger partial charge on any atom is 0.278 e. The highest BCUT2D eigenvalue weighted by Gasteiger charge is 2.27. The number of nitrogens with zero attached hydrogens (tertiary/aromatic N) is 6. The molecule has 0 aliphatic carbocycles. The average molecular weight is 341 g/mol. The lowest BCUT2D eigenvalue weighted by molar-refractivity contribution is -0.385. The number of aromatic nitrogens is 4. The van der Waals surface area contributed by atoms with Crippen molar-refractivity contribution in [3.8, 4) is 0 Å². The normalized spacial score (nSPS) is 18.8. The molecule has 25 heavy (non-hydrogen) atoms. The van der Waals surface area contributed by atoms with Crippen LogP contribution >= 0.6 is 0 Å². The lowest BCUT2D eigenvalue weighted by Gasteiger charge is -2.25. The predicted octanol–water partition coefficient (Wildman–Crippen LogP) is 1.94. The number of rotatable bonds is 2. The molecule has 1 aromatic heterocycles. The van der Waals surface area contributed by atoms with E-state index in [1.54, 1.807) is 18.2 Å². The fraction of sp³-hybridized carbons (Fsp3) is 0.267. The van der Waals surface area contributed by atoms with E-state index in [2.05, 4.69) is 25.8 Å². The van der Waals surface area contributed by atoms with Crippen molar-refractivity contribution in [2.75, 3.05) is 0 Å². The topological polar surface area (TPSA) is 128 Å². The average Bonchev–Trinajstić information content (AvgIpc) is 2.98. The lowest BCUT2D eigenvalue weighted by atomic mass is 9.94. The van der Waals surface area contributed by atoms with Crippen LogP contribution in [0.25, 0.3) is 5.70 Å². The van der Waals surface area contributed by atoms with Gasteiger partial charge < -0.3 is 5.32 Å². The van der Waals surface area contributed by atoms with Crippen LogP contribution in [0, 0.1) is 15.5 Å². The van der Waals surface area contributed by atoms with Crippen molar-refractivity contribution >= 4 is 29.1 Å². The minimum Gasteiger partial charge on any atom is -0.342 e. The van der Waals surface area contributed by atoms with E-state index in [9.17, 15) is 14.9 Å². The molecular formula is C15H15N7O3. The molecule has 3 rings (SSSR count). The molecule has 0 unspecified atom stereocenters. The molecule has 10 nitrogen and oxygen atoms in total. The molecule has 0 amide bonds. The van der Waals surface area contributed by atoms with Crippen LogP contribution in [0.2, 0.25) is 0 Å². The number of para-hydroxylation sites is 1. The number of benzene rings is 1. The van der Waals surface area contributed by atoms with Crippen LogP contribution in [0.5, 0.6) is 0 Å². The molecule has 10 heteroatoms. The summed E-state index contributed by atoms with van der Waals surface area (Å²) in [5, 5.41) is 25.2. The second-order valence-corrected chi connectivity index (χ2v) is 6.40. The fourth-order valence-electron chi connectivity index (χ4n) is 2.23. The van der Waals surface area contributed by atoms with Crippen LogP contribution in [-0.4, -0.2) is 36.9 Å². The molecule has 0 atom stereocenters. The van der Waals surface area contributed by atoms with Gasteiger partial charge in [-0.25, -0.2) is 0 Å². The quantitative estimate of drug-likeness (QED) is 0.502. The summed E-state index contributed by atoms with van der Waals surface area (Å²) in [7, 11) is 0. The van der Waals surface area contributed by atoms with Crippen molar-refractivity contribution in [3.63, 3.8) is 0 Å². The molecule has 1 aliphatic heterocycles. The molecule has 0 saturated carbocycles. The van der Waals surface area contributed by atoms with E-state index in [4.69, 9.17) is 0 Å². The monoisotopic (exact) mass is 341 g/mol. The number of carbonyl (C=O) groups excluding carboxylic acids is 1. The highest BCUT2D eigenvalue weighted by atomic mass is 16.6. The summed E-state index contributed by atoms with van der Waals surface area (Å²) >= 11 is 0. The second-order valence-electron chi connectivity index (χ2n) is 6.40. The molecule has 0 spiro atoms. The Hall–Kier alpha value is -3.43. The van der Waals surface area contributed by atoms with E-state index in [1.807, 2.05) is 20.8 Å². The lowest BCUT2D eigenvalue weighted by Crippen LogP contribution is -2.35. The van der Waals surface area contributed by atoms with Gasteiger partial charge in [0.15, 0.2) is 0 Å². The second kappa shape index (κ2) is 5.89. The largest absolute Gasteiger partial charge is 0.342 e. The van der Waals surface area contributed by atoms with Gasteiger partial charge in [0.05, 0.1) is 16.2 Å². The third-order valence-electron chi connectivity index (χ3n) is 3.50. The first kappa shape index (κ1) is 16.4. The minimum atomic E-state index is -0.558. The van der Waals surface area contributed by atoms with Gasteiger partial charge in [0.25, 0.3) is 17.5 Å². The number of amidine groups is 1. The number of fused-ring (bicyclic) bond motifs is 1. The smallest absolute Gasteiger partial charge is 0.278 e. The zero-order valence-electron chi connectivity index (χ0n) is 13.8. The molecule has 0 saturated heterocycles. The Morgan fingerprint density at radius 1 is 1.24 bits per heavy atom. The van der Waals surface area contributed by atoms with E-state index in [0.717, 1.165) is 4.68 Å². The number of allylic oxidation sites excluding steroid dienone is 1. The predicted molar refractivity (Wildman–Crippen MR) is 89.2 cm³/mol. The minimum absolute atomic E-state index is 0.0419. The zero-order chi connectivity index (χ0) is 18.2. The first-order valence-corrected chi connectivity index (χ1v) is 7.42. The number of hydrogen-bond donors (Lipinski definition) is 1. The van der Waals surface area contributed by atoms with Crippen LogP contribution in [0.1, 0.15) is 31.1 Å². The van der Waals surface area contributed by atoms with Gasteiger partial charge in [-0.15, -0.1) is 4.68 Å². The Morgan fingerprint density at radius 2 is 1.96 bits per heavy atom. The number of nitro benzene ring substituents is 1. The maximum atomic E-state index is 12.4. The summed E-state index contributed by atoms with van der Waals surface area (Å²) in [6, 6.07) is 6.15. The van der Waals surface area contributed by atoms with Gasteiger partial charge in [0.1, 0.15) is 5.84 Å². The Labute approximate surface area is 142 Å². The molecule has 1 N–H and O–H groups in total. The molecule has 2 heterocycles. The van der Waals surface area contributed by atoms with E-state index < -0.39 is 16.2 Å². The Balaban J connectivity index is 2.21. The highest BCUT2D eigenvalue weighted by molar-refractivity contribution is 6.04. The highest BCUT2D eigenvalue weighted by Crippen LogP contribution is 2.28. The van der Waals surface area contributed by atoms with Crippen molar-refractivity contribution in [1.29, 1.82) is 0 Å². The molecule has 1 aliphatic rings. The molecular weight excluding hydrogens is 326 g/mol. The van der Waals surface area contributed by atoms with E-state index >= 15 is 0 Å². The van der Waals surface area contributed by atoms with E-state index in [1.165, 1.54) is 12.1 Å². The number of hydrogen-bond acceptors (Lipinski definition) is 8. The van der Waals surface area contributed by atoms with Gasteiger partial charge in [-0.3, -0.25) is 14.9 Å². The van der Waals surface area contributed by atoms with Crippen molar-refractivity contribution in [2.45, 2.75) is 20.8 Å². The first-order chi connectivity index (χ1) is 11.8. The zero-order valence-corrected chi connectivity index (χ0v) is 13.8.